The molecule has 0 unspecified atom stereocenters. The molecule has 7 heteroatoms. The molecule has 0 saturated heterocycles. The van der Waals surface area contributed by atoms with E-state index < -0.39 is 11.4 Å². The minimum atomic E-state index is -0.743. The van der Waals surface area contributed by atoms with Gasteiger partial charge >= 0.3 is 5.97 Å². The standard InChI is InChI=1S/C18H14N2O5/c1-2-23-18(22)16-17(21)12-5-3-4-6-13(12)20(19-16)11-7-8-14-15(9-11)25-10-24-14/h3-9H,2,10H2,1H3. The summed E-state index contributed by atoms with van der Waals surface area (Å²) in [5.74, 6) is 0.479. The molecule has 25 heavy (non-hydrogen) atoms. The van der Waals surface area contributed by atoms with Crippen LogP contribution in [-0.4, -0.2) is 29.1 Å². The summed E-state index contributed by atoms with van der Waals surface area (Å²) in [6, 6.07) is 12.3. The van der Waals surface area contributed by atoms with Crippen LogP contribution in [0.15, 0.2) is 47.3 Å². The maximum Gasteiger partial charge on any atom is 0.362 e. The Bertz CT molecular complexity index is 1040. The van der Waals surface area contributed by atoms with Gasteiger partial charge in [0.1, 0.15) is 0 Å². The van der Waals surface area contributed by atoms with Gasteiger partial charge < -0.3 is 14.2 Å². The van der Waals surface area contributed by atoms with Crippen molar-refractivity contribution >= 4 is 16.9 Å². The van der Waals surface area contributed by atoms with Crippen molar-refractivity contribution in [2.45, 2.75) is 6.92 Å². The quantitative estimate of drug-likeness (QED) is 0.682. The summed E-state index contributed by atoms with van der Waals surface area (Å²) < 4.78 is 17.2. The topological polar surface area (TPSA) is 79.7 Å². The lowest BCUT2D eigenvalue weighted by Crippen LogP contribution is -2.24. The average Bonchev–Trinajstić information content (AvgIpc) is 3.10. The molecule has 4 rings (SSSR count). The lowest BCUT2D eigenvalue weighted by Gasteiger charge is -2.12. The zero-order chi connectivity index (χ0) is 17.4. The summed E-state index contributed by atoms with van der Waals surface area (Å²) in [5.41, 5.74) is 0.523. The van der Waals surface area contributed by atoms with Crippen molar-refractivity contribution in [3.63, 3.8) is 0 Å². The lowest BCUT2D eigenvalue weighted by molar-refractivity contribution is 0.0516. The van der Waals surface area contributed by atoms with Gasteiger partial charge in [0.05, 0.1) is 23.2 Å². The Kier molecular flexibility index (Phi) is 3.61. The molecule has 126 valence electrons. The third kappa shape index (κ3) is 2.50. The van der Waals surface area contributed by atoms with Crippen molar-refractivity contribution in [1.29, 1.82) is 0 Å². The summed E-state index contributed by atoms with van der Waals surface area (Å²) >= 11 is 0. The molecule has 0 bridgehead atoms. The van der Waals surface area contributed by atoms with Gasteiger partial charge in [-0.1, -0.05) is 12.1 Å². The van der Waals surface area contributed by atoms with E-state index >= 15 is 0 Å². The summed E-state index contributed by atoms with van der Waals surface area (Å²) in [7, 11) is 0. The first kappa shape index (κ1) is 15.2. The Labute approximate surface area is 142 Å². The van der Waals surface area contributed by atoms with Crippen LogP contribution in [0.5, 0.6) is 11.5 Å². The SMILES string of the molecule is CCOC(=O)c1nn(-c2ccc3c(c2)OCO3)c2ccccc2c1=O. The van der Waals surface area contributed by atoms with Gasteiger partial charge in [-0.05, 0) is 31.2 Å². The van der Waals surface area contributed by atoms with E-state index in [0.29, 0.717) is 28.1 Å². The molecular formula is C18H14N2O5. The first-order valence-corrected chi connectivity index (χ1v) is 7.78. The number of rotatable bonds is 3. The highest BCUT2D eigenvalue weighted by Crippen LogP contribution is 2.34. The molecule has 1 aromatic heterocycles. The van der Waals surface area contributed by atoms with Crippen molar-refractivity contribution in [3.05, 3.63) is 58.4 Å². The van der Waals surface area contributed by atoms with Crippen molar-refractivity contribution < 1.29 is 19.0 Å². The second-order valence-corrected chi connectivity index (χ2v) is 5.36. The van der Waals surface area contributed by atoms with Crippen LogP contribution >= 0.6 is 0 Å². The van der Waals surface area contributed by atoms with Gasteiger partial charge in [-0.3, -0.25) is 4.79 Å². The minimum Gasteiger partial charge on any atom is -0.461 e. The number of carbonyl (C=O) groups excluding carboxylic acids is 1. The second kappa shape index (κ2) is 5.94. The molecule has 3 aromatic rings. The molecule has 0 spiro atoms. The number of benzene rings is 2. The largest absolute Gasteiger partial charge is 0.461 e. The first-order chi connectivity index (χ1) is 12.2. The van der Waals surface area contributed by atoms with Crippen LogP contribution in [0.3, 0.4) is 0 Å². The van der Waals surface area contributed by atoms with E-state index in [1.165, 1.54) is 4.68 Å². The zero-order valence-corrected chi connectivity index (χ0v) is 13.4. The van der Waals surface area contributed by atoms with Crippen LogP contribution in [0.2, 0.25) is 0 Å². The maximum absolute atomic E-state index is 12.6. The predicted octanol–water partition coefficient (Wildman–Crippen LogP) is 2.29. The van der Waals surface area contributed by atoms with Gasteiger partial charge in [-0.15, -0.1) is 0 Å². The molecule has 0 N–H and O–H groups in total. The van der Waals surface area contributed by atoms with E-state index in [1.54, 1.807) is 49.4 Å². The fourth-order valence-corrected chi connectivity index (χ4v) is 2.72. The molecule has 2 aromatic carbocycles. The summed E-state index contributed by atoms with van der Waals surface area (Å²) in [6.45, 7) is 2.00. The number of aromatic nitrogens is 2. The Balaban J connectivity index is 1.98. The molecule has 0 radical (unpaired) electrons. The van der Waals surface area contributed by atoms with Crippen molar-refractivity contribution in [3.8, 4) is 17.2 Å². The van der Waals surface area contributed by atoms with Gasteiger partial charge in [0.2, 0.25) is 17.9 Å². The van der Waals surface area contributed by atoms with Crippen LogP contribution in [0, 0.1) is 0 Å². The minimum absolute atomic E-state index is 0.158. The smallest absolute Gasteiger partial charge is 0.362 e. The molecular weight excluding hydrogens is 324 g/mol. The third-order valence-corrected chi connectivity index (χ3v) is 3.86. The Hall–Kier alpha value is -3.35. The Morgan fingerprint density at radius 2 is 2.00 bits per heavy atom. The number of hydrogen-bond donors (Lipinski definition) is 0. The number of hydrogen-bond acceptors (Lipinski definition) is 6. The van der Waals surface area contributed by atoms with E-state index in [2.05, 4.69) is 5.10 Å². The van der Waals surface area contributed by atoms with Crippen LogP contribution in [0.1, 0.15) is 17.4 Å². The van der Waals surface area contributed by atoms with Gasteiger partial charge in [0.15, 0.2) is 11.5 Å². The number of para-hydroxylation sites is 1. The molecule has 0 saturated carbocycles. The van der Waals surface area contributed by atoms with Crippen LogP contribution in [0.25, 0.3) is 16.6 Å². The Morgan fingerprint density at radius 1 is 1.20 bits per heavy atom. The number of carbonyl (C=O) groups is 1. The number of esters is 1. The van der Waals surface area contributed by atoms with Gasteiger partial charge in [-0.25, -0.2) is 9.48 Å². The van der Waals surface area contributed by atoms with Crippen LogP contribution < -0.4 is 14.9 Å². The highest BCUT2D eigenvalue weighted by atomic mass is 16.7. The van der Waals surface area contributed by atoms with Crippen molar-refractivity contribution in [2.24, 2.45) is 0 Å². The third-order valence-electron chi connectivity index (χ3n) is 3.86. The van der Waals surface area contributed by atoms with Crippen LogP contribution in [0.4, 0.5) is 0 Å². The summed E-state index contributed by atoms with van der Waals surface area (Å²) in [6.07, 6.45) is 0. The van der Waals surface area contributed by atoms with E-state index in [0.717, 1.165) is 0 Å². The highest BCUT2D eigenvalue weighted by molar-refractivity contribution is 5.92. The second-order valence-electron chi connectivity index (χ2n) is 5.36. The number of fused-ring (bicyclic) bond motifs is 2. The molecule has 0 aliphatic carbocycles. The summed E-state index contributed by atoms with van der Waals surface area (Å²) in [5, 5.41) is 4.64. The predicted molar refractivity (Wildman–Crippen MR) is 89.4 cm³/mol. The van der Waals surface area contributed by atoms with Crippen LogP contribution in [-0.2, 0) is 4.74 Å². The molecule has 7 nitrogen and oxygen atoms in total. The first-order valence-electron chi connectivity index (χ1n) is 7.78. The lowest BCUT2D eigenvalue weighted by atomic mass is 10.2. The Morgan fingerprint density at radius 3 is 2.84 bits per heavy atom. The van der Waals surface area contributed by atoms with E-state index in [9.17, 15) is 9.59 Å². The van der Waals surface area contributed by atoms with Gasteiger partial charge in [-0.2, -0.15) is 5.10 Å². The maximum atomic E-state index is 12.6. The number of ether oxygens (including phenoxy) is 3. The normalized spacial score (nSPS) is 12.4. The molecule has 1 aliphatic rings. The zero-order valence-electron chi connectivity index (χ0n) is 13.4. The molecule has 1 aliphatic heterocycles. The molecule has 2 heterocycles. The molecule has 0 amide bonds. The van der Waals surface area contributed by atoms with Gasteiger partial charge in [0.25, 0.3) is 0 Å². The van der Waals surface area contributed by atoms with E-state index in [1.807, 2.05) is 0 Å². The van der Waals surface area contributed by atoms with E-state index in [-0.39, 0.29) is 19.1 Å². The number of nitrogens with zero attached hydrogens (tertiary/aromatic N) is 2. The molecule has 0 fully saturated rings. The van der Waals surface area contributed by atoms with E-state index in [4.69, 9.17) is 14.2 Å². The molecule has 0 atom stereocenters. The monoisotopic (exact) mass is 338 g/mol. The van der Waals surface area contributed by atoms with Crippen molar-refractivity contribution in [2.75, 3.05) is 13.4 Å². The fourth-order valence-electron chi connectivity index (χ4n) is 2.72. The van der Waals surface area contributed by atoms with Crippen molar-refractivity contribution in [1.82, 2.24) is 9.78 Å². The fraction of sp³-hybridized carbons (Fsp3) is 0.167. The average molecular weight is 338 g/mol. The van der Waals surface area contributed by atoms with Gasteiger partial charge in [0, 0.05) is 6.07 Å². The summed E-state index contributed by atoms with van der Waals surface area (Å²) in [4.78, 5) is 24.7. The highest BCUT2D eigenvalue weighted by Gasteiger charge is 2.20.